The third kappa shape index (κ3) is 4.00. The van der Waals surface area contributed by atoms with Crippen molar-refractivity contribution in [2.75, 3.05) is 13.1 Å². The molecule has 1 aliphatic heterocycles. The van der Waals surface area contributed by atoms with Crippen LogP contribution in [0, 0.1) is 0 Å². The Balaban J connectivity index is 1.46. The van der Waals surface area contributed by atoms with Gasteiger partial charge in [0.2, 0.25) is 11.5 Å². The zero-order valence-electron chi connectivity index (χ0n) is 15.4. The summed E-state index contributed by atoms with van der Waals surface area (Å²) >= 11 is 0. The summed E-state index contributed by atoms with van der Waals surface area (Å²) < 4.78 is 1.54. The van der Waals surface area contributed by atoms with Gasteiger partial charge < -0.3 is 9.88 Å². The Kier molecular flexibility index (Phi) is 5.27. The van der Waals surface area contributed by atoms with Crippen LogP contribution in [-0.4, -0.2) is 49.1 Å². The van der Waals surface area contributed by atoms with Crippen LogP contribution in [0.1, 0.15) is 35.9 Å². The molecule has 144 valence electrons. The molecule has 0 bridgehead atoms. The number of aromatic amines is 1. The van der Waals surface area contributed by atoms with E-state index in [1.54, 1.807) is 12.3 Å². The molecule has 1 unspecified atom stereocenters. The van der Waals surface area contributed by atoms with E-state index in [-0.39, 0.29) is 11.5 Å². The molecular weight excluding hydrogens is 356 g/mol. The maximum Gasteiger partial charge on any atom is 0.248 e. The van der Waals surface area contributed by atoms with E-state index in [2.05, 4.69) is 20.5 Å². The Bertz CT molecular complexity index is 962. The number of amides is 1. The number of benzene rings is 1. The number of rotatable bonds is 5. The van der Waals surface area contributed by atoms with Gasteiger partial charge in [-0.1, -0.05) is 30.3 Å². The molecule has 8 heteroatoms. The summed E-state index contributed by atoms with van der Waals surface area (Å²) in [4.78, 5) is 29.3. The van der Waals surface area contributed by atoms with E-state index < -0.39 is 6.04 Å². The first kappa shape index (κ1) is 18.1. The molecule has 2 aromatic heterocycles. The second kappa shape index (κ2) is 8.16. The van der Waals surface area contributed by atoms with Crippen LogP contribution in [0.15, 0.2) is 59.8 Å². The van der Waals surface area contributed by atoms with Gasteiger partial charge in [0.1, 0.15) is 12.4 Å². The van der Waals surface area contributed by atoms with Gasteiger partial charge in [0, 0.05) is 31.8 Å². The molecule has 1 fully saturated rings. The predicted octanol–water partition coefficient (Wildman–Crippen LogP) is 1.55. The molecule has 1 atom stereocenters. The number of tetrazole rings is 1. The highest BCUT2D eigenvalue weighted by Gasteiger charge is 2.30. The van der Waals surface area contributed by atoms with Crippen molar-refractivity contribution in [3.8, 4) is 0 Å². The molecule has 0 saturated carbocycles. The molecule has 3 aromatic rings. The van der Waals surface area contributed by atoms with Crippen molar-refractivity contribution in [2.45, 2.75) is 31.2 Å². The molecule has 1 N–H and O–H groups in total. The van der Waals surface area contributed by atoms with Gasteiger partial charge in [0.25, 0.3) is 0 Å². The Hall–Kier alpha value is -3.29. The average molecular weight is 378 g/mol. The van der Waals surface area contributed by atoms with Crippen LogP contribution in [0.4, 0.5) is 0 Å². The summed E-state index contributed by atoms with van der Waals surface area (Å²) in [6.07, 6.45) is 5.39. The van der Waals surface area contributed by atoms with Crippen molar-refractivity contribution >= 4 is 5.91 Å². The summed E-state index contributed by atoms with van der Waals surface area (Å²) in [6.45, 7) is 1.31. The number of likely N-dealkylation sites (tertiary alicyclic amines) is 1. The summed E-state index contributed by atoms with van der Waals surface area (Å²) in [6, 6.07) is 13.0. The maximum atomic E-state index is 13.3. The van der Waals surface area contributed by atoms with E-state index in [4.69, 9.17) is 0 Å². The van der Waals surface area contributed by atoms with E-state index in [1.165, 1.54) is 11.0 Å². The van der Waals surface area contributed by atoms with Gasteiger partial charge in [-0.15, -0.1) is 5.10 Å². The fourth-order valence-electron chi connectivity index (χ4n) is 3.80. The SMILES string of the molecule is O=C(C(Cc1ccccc1)n1cnnn1)N1CCC(c2cc[nH]c(=O)c2)CC1. The average Bonchev–Trinajstić information content (AvgIpc) is 3.27. The third-order valence-electron chi connectivity index (χ3n) is 5.32. The van der Waals surface area contributed by atoms with Crippen molar-refractivity contribution in [2.24, 2.45) is 0 Å². The minimum Gasteiger partial charge on any atom is -0.341 e. The quantitative estimate of drug-likeness (QED) is 0.727. The summed E-state index contributed by atoms with van der Waals surface area (Å²) in [5, 5.41) is 11.4. The molecule has 0 aliphatic carbocycles. The topological polar surface area (TPSA) is 96.8 Å². The van der Waals surface area contributed by atoms with Crippen molar-refractivity contribution in [3.05, 3.63) is 76.5 Å². The number of carbonyl (C=O) groups is 1. The smallest absolute Gasteiger partial charge is 0.248 e. The van der Waals surface area contributed by atoms with Gasteiger partial charge in [0.05, 0.1) is 0 Å². The second-order valence-electron chi connectivity index (χ2n) is 7.08. The number of pyridine rings is 1. The summed E-state index contributed by atoms with van der Waals surface area (Å²) in [5.41, 5.74) is 2.02. The van der Waals surface area contributed by atoms with Crippen LogP contribution in [0.3, 0.4) is 0 Å². The molecule has 3 heterocycles. The number of aromatic nitrogens is 5. The normalized spacial score (nSPS) is 16.1. The molecular formula is C20H22N6O2. The first-order valence-corrected chi connectivity index (χ1v) is 9.44. The molecule has 1 aromatic carbocycles. The Labute approximate surface area is 162 Å². The lowest BCUT2D eigenvalue weighted by Gasteiger charge is -2.34. The monoisotopic (exact) mass is 378 g/mol. The molecule has 4 rings (SSSR count). The first-order valence-electron chi connectivity index (χ1n) is 9.44. The number of H-pyrrole nitrogens is 1. The molecule has 1 aliphatic rings. The van der Waals surface area contributed by atoms with Gasteiger partial charge in [-0.25, -0.2) is 4.68 Å². The maximum absolute atomic E-state index is 13.3. The van der Waals surface area contributed by atoms with Gasteiger partial charge in [0.15, 0.2) is 0 Å². The van der Waals surface area contributed by atoms with Gasteiger partial charge in [-0.3, -0.25) is 9.59 Å². The predicted molar refractivity (Wildman–Crippen MR) is 103 cm³/mol. The number of hydrogen-bond donors (Lipinski definition) is 1. The Morgan fingerprint density at radius 2 is 1.96 bits per heavy atom. The highest BCUT2D eigenvalue weighted by Crippen LogP contribution is 2.28. The standard InChI is InChI=1S/C20H22N6O2/c27-19-13-17(6-9-21-19)16-7-10-25(11-8-16)20(28)18(26-14-22-23-24-26)12-15-4-2-1-3-5-15/h1-6,9,13-14,16,18H,7-8,10-12H2,(H,21,27). The first-order chi connectivity index (χ1) is 13.7. The van der Waals surface area contributed by atoms with Crippen LogP contribution in [-0.2, 0) is 11.2 Å². The van der Waals surface area contributed by atoms with Crippen LogP contribution in [0.25, 0.3) is 0 Å². The molecule has 0 radical (unpaired) electrons. The van der Waals surface area contributed by atoms with Crippen LogP contribution >= 0.6 is 0 Å². The largest absolute Gasteiger partial charge is 0.341 e. The zero-order chi connectivity index (χ0) is 19.3. The third-order valence-corrected chi connectivity index (χ3v) is 5.32. The van der Waals surface area contributed by atoms with Crippen molar-refractivity contribution < 1.29 is 4.79 Å². The molecule has 1 saturated heterocycles. The van der Waals surface area contributed by atoms with Gasteiger partial charge in [-0.2, -0.15) is 0 Å². The number of piperidine rings is 1. The highest BCUT2D eigenvalue weighted by atomic mass is 16.2. The van der Waals surface area contributed by atoms with Crippen LogP contribution in [0.5, 0.6) is 0 Å². The van der Waals surface area contributed by atoms with Crippen LogP contribution < -0.4 is 5.56 Å². The zero-order valence-corrected chi connectivity index (χ0v) is 15.4. The molecule has 0 spiro atoms. The lowest BCUT2D eigenvalue weighted by atomic mass is 9.89. The molecule has 1 amide bonds. The number of nitrogens with zero attached hydrogens (tertiary/aromatic N) is 5. The fourth-order valence-corrected chi connectivity index (χ4v) is 3.80. The van der Waals surface area contributed by atoms with E-state index in [0.717, 1.165) is 24.0 Å². The van der Waals surface area contributed by atoms with Gasteiger partial charge in [-0.05, 0) is 46.4 Å². The number of hydrogen-bond acceptors (Lipinski definition) is 5. The minimum atomic E-state index is -0.464. The van der Waals surface area contributed by atoms with Crippen molar-refractivity contribution in [3.63, 3.8) is 0 Å². The summed E-state index contributed by atoms with van der Waals surface area (Å²) in [5.74, 6) is 0.326. The Morgan fingerprint density at radius 3 is 2.64 bits per heavy atom. The van der Waals surface area contributed by atoms with E-state index >= 15 is 0 Å². The number of carbonyl (C=O) groups excluding carboxylic acids is 1. The van der Waals surface area contributed by atoms with E-state index in [0.29, 0.717) is 25.4 Å². The molecule has 28 heavy (non-hydrogen) atoms. The lowest BCUT2D eigenvalue weighted by Crippen LogP contribution is -2.43. The van der Waals surface area contributed by atoms with Crippen LogP contribution in [0.2, 0.25) is 0 Å². The molecule has 8 nitrogen and oxygen atoms in total. The van der Waals surface area contributed by atoms with E-state index in [9.17, 15) is 9.59 Å². The van der Waals surface area contributed by atoms with Crippen molar-refractivity contribution in [1.82, 2.24) is 30.1 Å². The minimum absolute atomic E-state index is 0.0283. The summed E-state index contributed by atoms with van der Waals surface area (Å²) in [7, 11) is 0. The second-order valence-corrected chi connectivity index (χ2v) is 7.08. The van der Waals surface area contributed by atoms with E-state index in [1.807, 2.05) is 41.3 Å². The van der Waals surface area contributed by atoms with Gasteiger partial charge >= 0.3 is 0 Å². The lowest BCUT2D eigenvalue weighted by molar-refractivity contribution is -0.136. The highest BCUT2D eigenvalue weighted by molar-refractivity contribution is 5.80. The number of nitrogens with one attached hydrogen (secondary N) is 1. The Morgan fingerprint density at radius 1 is 1.18 bits per heavy atom. The van der Waals surface area contributed by atoms with Crippen molar-refractivity contribution in [1.29, 1.82) is 0 Å². The fraction of sp³-hybridized carbons (Fsp3) is 0.350.